The van der Waals surface area contributed by atoms with E-state index in [1.165, 1.54) is 4.68 Å². The highest BCUT2D eigenvalue weighted by Crippen LogP contribution is 2.18. The van der Waals surface area contributed by atoms with E-state index < -0.39 is 35.5 Å². The molecule has 2 rings (SSSR count). The van der Waals surface area contributed by atoms with Gasteiger partial charge in [-0.15, -0.1) is 5.10 Å². The molecule has 1 aliphatic rings. The van der Waals surface area contributed by atoms with Gasteiger partial charge < -0.3 is 29.7 Å². The minimum absolute atomic E-state index is 0.271. The summed E-state index contributed by atoms with van der Waals surface area (Å²) in [6.07, 6.45) is 1.96. The van der Waals surface area contributed by atoms with Crippen molar-refractivity contribution in [1.29, 1.82) is 0 Å². The maximum atomic E-state index is 13.2. The Morgan fingerprint density at radius 1 is 1.00 bits per heavy atom. The Labute approximate surface area is 213 Å². The molecule has 0 unspecified atom stereocenters. The standard InChI is InChI=1S/C24H42N6O6/c1-17(31)19(20(32)28-12-14-29(15-13-28)22(34)36-24(5,6)7)30-16-18(26-27-30)10-8-9-11-25-21(33)35-23(2,3)4/h16-17,19,31H,8-15H2,1-7H3,(H,25,33)/t17-,19-/m0/s1. The summed E-state index contributed by atoms with van der Waals surface area (Å²) < 4.78 is 12.0. The van der Waals surface area contributed by atoms with E-state index in [-0.39, 0.29) is 5.91 Å². The van der Waals surface area contributed by atoms with E-state index in [1.807, 2.05) is 41.5 Å². The van der Waals surface area contributed by atoms with Crippen molar-refractivity contribution in [2.45, 2.75) is 91.1 Å². The summed E-state index contributed by atoms with van der Waals surface area (Å²) in [5.41, 5.74) is -0.423. The number of nitrogens with zero attached hydrogens (tertiary/aromatic N) is 5. The Hall–Kier alpha value is -2.89. The minimum Gasteiger partial charge on any atom is -0.444 e. The van der Waals surface area contributed by atoms with Crippen LogP contribution < -0.4 is 5.32 Å². The number of aromatic nitrogens is 3. The first kappa shape index (κ1) is 29.3. The van der Waals surface area contributed by atoms with Gasteiger partial charge in [-0.25, -0.2) is 14.3 Å². The molecule has 36 heavy (non-hydrogen) atoms. The molecule has 0 spiro atoms. The molecule has 0 bridgehead atoms. The molecule has 12 heteroatoms. The molecule has 1 aliphatic heterocycles. The van der Waals surface area contributed by atoms with E-state index >= 15 is 0 Å². The highest BCUT2D eigenvalue weighted by Gasteiger charge is 2.34. The minimum atomic E-state index is -0.978. The summed E-state index contributed by atoms with van der Waals surface area (Å²) in [5.74, 6) is -0.271. The summed E-state index contributed by atoms with van der Waals surface area (Å²) in [7, 11) is 0. The van der Waals surface area contributed by atoms with E-state index in [9.17, 15) is 19.5 Å². The van der Waals surface area contributed by atoms with Crippen LogP contribution in [0, 0.1) is 0 Å². The summed E-state index contributed by atoms with van der Waals surface area (Å²) in [6.45, 7) is 14.3. The molecule has 2 heterocycles. The molecule has 1 aromatic heterocycles. The lowest BCUT2D eigenvalue weighted by Crippen LogP contribution is -2.54. The number of rotatable bonds is 8. The van der Waals surface area contributed by atoms with Crippen LogP contribution in [0.3, 0.4) is 0 Å². The van der Waals surface area contributed by atoms with Crippen molar-refractivity contribution in [3.8, 4) is 0 Å². The third kappa shape index (κ3) is 9.63. The quantitative estimate of drug-likeness (QED) is 0.507. The second-order valence-corrected chi connectivity index (χ2v) is 11.1. The summed E-state index contributed by atoms with van der Waals surface area (Å²) in [4.78, 5) is 40.4. The number of aliphatic hydroxyl groups excluding tert-OH is 1. The van der Waals surface area contributed by atoms with Crippen LogP contribution in [0.1, 0.15) is 73.0 Å². The SMILES string of the molecule is C[C@H](O)[C@@H](C(=O)N1CCN(C(=O)OC(C)(C)C)CC1)n1cc(CCCCNC(=O)OC(C)(C)C)nn1. The van der Waals surface area contributed by atoms with Crippen LogP contribution in [0.15, 0.2) is 6.20 Å². The first-order valence-corrected chi connectivity index (χ1v) is 12.5. The van der Waals surface area contributed by atoms with Gasteiger partial charge >= 0.3 is 12.2 Å². The Morgan fingerprint density at radius 2 is 1.58 bits per heavy atom. The van der Waals surface area contributed by atoms with Crippen LogP contribution in [0.5, 0.6) is 0 Å². The van der Waals surface area contributed by atoms with Crippen LogP contribution in [0.2, 0.25) is 0 Å². The van der Waals surface area contributed by atoms with E-state index in [0.29, 0.717) is 44.8 Å². The van der Waals surface area contributed by atoms with Crippen molar-refractivity contribution in [2.24, 2.45) is 0 Å². The molecule has 1 saturated heterocycles. The maximum absolute atomic E-state index is 13.2. The molecule has 1 fully saturated rings. The monoisotopic (exact) mass is 510 g/mol. The second-order valence-electron chi connectivity index (χ2n) is 11.1. The largest absolute Gasteiger partial charge is 0.444 e. The zero-order valence-electron chi connectivity index (χ0n) is 22.6. The zero-order chi connectivity index (χ0) is 27.1. The lowest BCUT2D eigenvalue weighted by atomic mass is 10.1. The number of hydrogen-bond acceptors (Lipinski definition) is 8. The number of unbranched alkanes of at least 4 members (excludes halogenated alkanes) is 1. The topological polar surface area (TPSA) is 139 Å². The number of hydrogen-bond donors (Lipinski definition) is 2. The molecular formula is C24H42N6O6. The van der Waals surface area contributed by atoms with Crippen molar-refractivity contribution in [3.05, 3.63) is 11.9 Å². The van der Waals surface area contributed by atoms with Crippen molar-refractivity contribution < 1.29 is 29.0 Å². The van der Waals surface area contributed by atoms with Gasteiger partial charge in [0.15, 0.2) is 6.04 Å². The van der Waals surface area contributed by atoms with Gasteiger partial charge in [-0.1, -0.05) is 5.21 Å². The Balaban J connectivity index is 1.85. The Kier molecular flexibility index (Phi) is 10.1. The fourth-order valence-electron chi connectivity index (χ4n) is 3.66. The van der Waals surface area contributed by atoms with Gasteiger partial charge in [-0.3, -0.25) is 4.79 Å². The highest BCUT2D eigenvalue weighted by molar-refractivity contribution is 5.81. The third-order valence-electron chi connectivity index (χ3n) is 5.32. The van der Waals surface area contributed by atoms with E-state index in [0.717, 1.165) is 12.8 Å². The molecular weight excluding hydrogens is 468 g/mol. The summed E-state index contributed by atoms with van der Waals surface area (Å²) >= 11 is 0. The number of ether oxygens (including phenoxy) is 2. The van der Waals surface area contributed by atoms with Crippen LogP contribution in [0.25, 0.3) is 0 Å². The Bertz CT molecular complexity index is 880. The number of aliphatic hydroxyl groups is 1. The second kappa shape index (κ2) is 12.4. The fourth-order valence-corrected chi connectivity index (χ4v) is 3.66. The molecule has 2 atom stereocenters. The van der Waals surface area contributed by atoms with Gasteiger partial charge in [0.25, 0.3) is 0 Å². The van der Waals surface area contributed by atoms with Gasteiger partial charge in [0.2, 0.25) is 5.91 Å². The normalized spacial score (nSPS) is 16.3. The maximum Gasteiger partial charge on any atom is 0.410 e. The van der Waals surface area contributed by atoms with Gasteiger partial charge in [-0.05, 0) is 67.7 Å². The van der Waals surface area contributed by atoms with Crippen LogP contribution in [0.4, 0.5) is 9.59 Å². The zero-order valence-corrected chi connectivity index (χ0v) is 22.6. The molecule has 0 saturated carbocycles. The molecule has 0 aromatic carbocycles. The highest BCUT2D eigenvalue weighted by atomic mass is 16.6. The van der Waals surface area contributed by atoms with E-state index in [1.54, 1.807) is 22.9 Å². The number of carbonyl (C=O) groups is 3. The molecule has 12 nitrogen and oxygen atoms in total. The number of nitrogens with one attached hydrogen (secondary N) is 1. The van der Waals surface area contributed by atoms with Crippen molar-refractivity contribution >= 4 is 18.1 Å². The third-order valence-corrected chi connectivity index (χ3v) is 5.32. The summed E-state index contributed by atoms with van der Waals surface area (Å²) in [5, 5.41) is 21.3. The average Bonchev–Trinajstić information content (AvgIpc) is 3.19. The number of alkyl carbamates (subject to hydrolysis) is 1. The number of piperazine rings is 1. The molecule has 0 radical (unpaired) electrons. The smallest absolute Gasteiger partial charge is 0.410 e. The number of carbonyl (C=O) groups excluding carboxylic acids is 3. The summed E-state index contributed by atoms with van der Waals surface area (Å²) in [6, 6.07) is -0.909. The predicted octanol–water partition coefficient (Wildman–Crippen LogP) is 2.13. The lowest BCUT2D eigenvalue weighted by Gasteiger charge is -2.37. The molecule has 3 amide bonds. The first-order chi connectivity index (χ1) is 16.7. The van der Waals surface area contributed by atoms with Crippen LogP contribution in [-0.4, -0.2) is 98.0 Å². The Morgan fingerprint density at radius 3 is 2.14 bits per heavy atom. The average molecular weight is 511 g/mol. The van der Waals surface area contributed by atoms with Crippen molar-refractivity contribution in [1.82, 2.24) is 30.1 Å². The van der Waals surface area contributed by atoms with E-state index in [2.05, 4.69) is 15.6 Å². The number of amides is 3. The molecule has 0 aliphatic carbocycles. The van der Waals surface area contributed by atoms with Gasteiger partial charge in [0.1, 0.15) is 11.2 Å². The van der Waals surface area contributed by atoms with Crippen LogP contribution in [-0.2, 0) is 20.7 Å². The fraction of sp³-hybridized carbons (Fsp3) is 0.792. The molecule has 1 aromatic rings. The van der Waals surface area contributed by atoms with Gasteiger partial charge in [0.05, 0.1) is 11.8 Å². The lowest BCUT2D eigenvalue weighted by molar-refractivity contribution is -0.140. The molecule has 2 N–H and O–H groups in total. The van der Waals surface area contributed by atoms with Gasteiger partial charge in [0, 0.05) is 38.9 Å². The van der Waals surface area contributed by atoms with E-state index in [4.69, 9.17) is 9.47 Å². The number of aryl methyl sites for hydroxylation is 1. The van der Waals surface area contributed by atoms with Crippen LogP contribution >= 0.6 is 0 Å². The van der Waals surface area contributed by atoms with Crippen molar-refractivity contribution in [3.63, 3.8) is 0 Å². The first-order valence-electron chi connectivity index (χ1n) is 12.5. The molecule has 204 valence electrons. The van der Waals surface area contributed by atoms with Crippen molar-refractivity contribution in [2.75, 3.05) is 32.7 Å². The van der Waals surface area contributed by atoms with Gasteiger partial charge in [-0.2, -0.15) is 0 Å². The predicted molar refractivity (Wildman–Crippen MR) is 132 cm³/mol.